The molecule has 0 aliphatic carbocycles. The maximum absolute atomic E-state index is 12.2. The highest BCUT2D eigenvalue weighted by atomic mass is 16.5. The third-order valence-corrected chi connectivity index (χ3v) is 6.61. The minimum absolute atomic E-state index is 0.0751. The van der Waals surface area contributed by atoms with Gasteiger partial charge in [-0.05, 0) is 69.2 Å². The predicted octanol–water partition coefficient (Wildman–Crippen LogP) is 5.08. The molecule has 33 heavy (non-hydrogen) atoms. The molecule has 2 aromatic carbocycles. The lowest BCUT2D eigenvalue weighted by Gasteiger charge is -2.32. The van der Waals surface area contributed by atoms with Crippen LogP contribution in [0.15, 0.2) is 36.4 Å². The number of fused-ring (bicyclic) bond motifs is 1. The predicted molar refractivity (Wildman–Crippen MR) is 133 cm³/mol. The van der Waals surface area contributed by atoms with Gasteiger partial charge in [0.1, 0.15) is 18.2 Å². The van der Waals surface area contributed by atoms with E-state index in [4.69, 9.17) is 14.7 Å². The van der Waals surface area contributed by atoms with Crippen LogP contribution < -0.4 is 5.32 Å². The van der Waals surface area contributed by atoms with Crippen molar-refractivity contribution in [3.05, 3.63) is 64.5 Å². The zero-order valence-electron chi connectivity index (χ0n) is 20.3. The van der Waals surface area contributed by atoms with Crippen molar-refractivity contribution in [1.29, 1.82) is 0 Å². The van der Waals surface area contributed by atoms with Crippen LogP contribution in [-0.4, -0.2) is 47.6 Å². The zero-order chi connectivity index (χ0) is 23.5. The molecule has 1 aliphatic rings. The number of anilines is 1. The lowest BCUT2D eigenvalue weighted by atomic mass is 9.87. The SMILES string of the molecule is COCC(=O)N1CCC(c2cc(C)c3nc(C)nc(N[C@H](C)c4cccc(C)c4)c3c2)CC1. The van der Waals surface area contributed by atoms with E-state index in [0.717, 1.165) is 54.0 Å². The Morgan fingerprint density at radius 2 is 1.91 bits per heavy atom. The topological polar surface area (TPSA) is 67.3 Å². The van der Waals surface area contributed by atoms with Gasteiger partial charge in [0.2, 0.25) is 5.91 Å². The fourth-order valence-electron chi connectivity index (χ4n) is 4.80. The van der Waals surface area contributed by atoms with Gasteiger partial charge >= 0.3 is 0 Å². The molecule has 1 fully saturated rings. The van der Waals surface area contributed by atoms with Crippen molar-refractivity contribution in [2.45, 2.75) is 52.5 Å². The molecular formula is C27H34N4O2. The summed E-state index contributed by atoms with van der Waals surface area (Å²) in [7, 11) is 1.57. The summed E-state index contributed by atoms with van der Waals surface area (Å²) in [6.45, 7) is 10.1. The number of ether oxygens (including phenoxy) is 1. The molecule has 6 heteroatoms. The minimum Gasteiger partial charge on any atom is -0.375 e. The average Bonchev–Trinajstić information content (AvgIpc) is 2.80. The maximum Gasteiger partial charge on any atom is 0.248 e. The van der Waals surface area contributed by atoms with E-state index in [2.05, 4.69) is 62.5 Å². The molecule has 4 rings (SSSR count). The van der Waals surface area contributed by atoms with Crippen LogP contribution in [0, 0.1) is 20.8 Å². The molecule has 6 nitrogen and oxygen atoms in total. The first-order valence-corrected chi connectivity index (χ1v) is 11.7. The van der Waals surface area contributed by atoms with Crippen molar-refractivity contribution < 1.29 is 9.53 Å². The van der Waals surface area contributed by atoms with Gasteiger partial charge in [-0.1, -0.05) is 35.9 Å². The summed E-state index contributed by atoms with van der Waals surface area (Å²) >= 11 is 0. The molecule has 3 aromatic rings. The number of nitrogens with zero attached hydrogens (tertiary/aromatic N) is 3. The standard InChI is InChI=1S/C27H34N4O2/c1-17-7-6-8-22(13-17)19(3)28-27-24-15-23(14-18(2)26(24)29-20(4)30-27)21-9-11-31(12-10-21)25(32)16-33-5/h6-8,13-15,19,21H,9-12,16H2,1-5H3,(H,28,29,30)/t19-/m1/s1. The molecule has 2 heterocycles. The van der Waals surface area contributed by atoms with E-state index in [1.807, 2.05) is 11.8 Å². The number of carbonyl (C=O) groups is 1. The minimum atomic E-state index is 0.0751. The Hall–Kier alpha value is -2.99. The number of benzene rings is 2. The quantitative estimate of drug-likeness (QED) is 0.572. The number of likely N-dealkylation sites (tertiary alicyclic amines) is 1. The van der Waals surface area contributed by atoms with Gasteiger partial charge in [-0.2, -0.15) is 0 Å². The number of methoxy groups -OCH3 is 1. The van der Waals surface area contributed by atoms with E-state index in [0.29, 0.717) is 5.92 Å². The lowest BCUT2D eigenvalue weighted by Crippen LogP contribution is -2.39. The van der Waals surface area contributed by atoms with E-state index in [1.54, 1.807) is 7.11 Å². The first-order chi connectivity index (χ1) is 15.9. The monoisotopic (exact) mass is 446 g/mol. The molecule has 1 atom stereocenters. The normalized spacial score (nSPS) is 15.6. The van der Waals surface area contributed by atoms with Gasteiger partial charge in [-0.25, -0.2) is 9.97 Å². The van der Waals surface area contributed by atoms with Crippen molar-refractivity contribution >= 4 is 22.6 Å². The summed E-state index contributed by atoms with van der Waals surface area (Å²) in [5.41, 5.74) is 5.95. The van der Waals surface area contributed by atoms with Crippen molar-refractivity contribution in [2.75, 3.05) is 32.1 Å². The molecule has 0 saturated carbocycles. The van der Waals surface area contributed by atoms with Crippen molar-refractivity contribution in [3.63, 3.8) is 0 Å². The Bertz CT molecular complexity index is 1150. The Labute approximate surface area is 196 Å². The summed E-state index contributed by atoms with van der Waals surface area (Å²) in [4.78, 5) is 23.6. The molecule has 0 spiro atoms. The Morgan fingerprint density at radius 3 is 2.61 bits per heavy atom. The summed E-state index contributed by atoms with van der Waals surface area (Å²) in [6.07, 6.45) is 1.91. The summed E-state index contributed by atoms with van der Waals surface area (Å²) < 4.78 is 5.01. The number of amides is 1. The molecular weight excluding hydrogens is 412 g/mol. The third-order valence-electron chi connectivity index (χ3n) is 6.61. The van der Waals surface area contributed by atoms with Crippen molar-refractivity contribution in [2.24, 2.45) is 0 Å². The van der Waals surface area contributed by atoms with Crippen molar-refractivity contribution in [3.8, 4) is 0 Å². The van der Waals surface area contributed by atoms with Crippen LogP contribution in [0.4, 0.5) is 5.82 Å². The van der Waals surface area contributed by atoms with Crippen LogP contribution in [0.2, 0.25) is 0 Å². The summed E-state index contributed by atoms with van der Waals surface area (Å²) in [5.74, 6) is 2.14. The number of aromatic nitrogens is 2. The second-order valence-electron chi connectivity index (χ2n) is 9.22. The van der Waals surface area contributed by atoms with Crippen LogP contribution >= 0.6 is 0 Å². The molecule has 174 valence electrons. The van der Waals surface area contributed by atoms with Crippen LogP contribution in [0.3, 0.4) is 0 Å². The maximum atomic E-state index is 12.2. The van der Waals surface area contributed by atoms with Crippen LogP contribution in [0.1, 0.15) is 59.8 Å². The lowest BCUT2D eigenvalue weighted by molar-refractivity contribution is -0.136. The second-order valence-corrected chi connectivity index (χ2v) is 9.22. The van der Waals surface area contributed by atoms with Crippen LogP contribution in [-0.2, 0) is 9.53 Å². The molecule has 1 amide bonds. The smallest absolute Gasteiger partial charge is 0.248 e. The average molecular weight is 447 g/mol. The number of aryl methyl sites for hydroxylation is 3. The van der Waals surface area contributed by atoms with Gasteiger partial charge in [-0.3, -0.25) is 4.79 Å². The molecule has 1 saturated heterocycles. The Balaban J connectivity index is 1.62. The van der Waals surface area contributed by atoms with E-state index >= 15 is 0 Å². The highest BCUT2D eigenvalue weighted by Crippen LogP contribution is 2.34. The van der Waals surface area contributed by atoms with E-state index in [1.165, 1.54) is 16.7 Å². The van der Waals surface area contributed by atoms with Gasteiger partial charge < -0.3 is 15.0 Å². The fraction of sp³-hybridized carbons (Fsp3) is 0.444. The number of carbonyl (C=O) groups excluding carboxylic acids is 1. The van der Waals surface area contributed by atoms with E-state index in [9.17, 15) is 4.79 Å². The van der Waals surface area contributed by atoms with Crippen LogP contribution in [0.5, 0.6) is 0 Å². The number of piperidine rings is 1. The van der Waals surface area contributed by atoms with E-state index in [-0.39, 0.29) is 18.6 Å². The van der Waals surface area contributed by atoms with Gasteiger partial charge in [0.05, 0.1) is 5.52 Å². The van der Waals surface area contributed by atoms with Gasteiger partial charge in [0.25, 0.3) is 0 Å². The molecule has 1 aromatic heterocycles. The first-order valence-electron chi connectivity index (χ1n) is 11.7. The number of nitrogens with one attached hydrogen (secondary N) is 1. The third kappa shape index (κ3) is 5.17. The first kappa shape index (κ1) is 23.2. The number of rotatable bonds is 6. The molecule has 1 N–H and O–H groups in total. The Kier molecular flexibility index (Phi) is 6.94. The Morgan fingerprint density at radius 1 is 1.15 bits per heavy atom. The molecule has 0 bridgehead atoms. The molecule has 0 radical (unpaired) electrons. The number of hydrogen-bond acceptors (Lipinski definition) is 5. The van der Waals surface area contributed by atoms with E-state index < -0.39 is 0 Å². The summed E-state index contributed by atoms with van der Waals surface area (Å²) in [5, 5.41) is 4.71. The van der Waals surface area contributed by atoms with Gasteiger partial charge in [-0.15, -0.1) is 0 Å². The number of hydrogen-bond donors (Lipinski definition) is 1. The van der Waals surface area contributed by atoms with Crippen molar-refractivity contribution in [1.82, 2.24) is 14.9 Å². The van der Waals surface area contributed by atoms with Crippen LogP contribution in [0.25, 0.3) is 10.9 Å². The molecule has 0 unspecified atom stereocenters. The molecule has 1 aliphatic heterocycles. The second kappa shape index (κ2) is 9.87. The fourth-order valence-corrected chi connectivity index (χ4v) is 4.80. The highest BCUT2D eigenvalue weighted by Gasteiger charge is 2.25. The van der Waals surface area contributed by atoms with Gasteiger partial charge in [0.15, 0.2) is 0 Å². The highest BCUT2D eigenvalue weighted by molar-refractivity contribution is 5.92. The largest absolute Gasteiger partial charge is 0.375 e. The summed E-state index contributed by atoms with van der Waals surface area (Å²) in [6, 6.07) is 13.2. The zero-order valence-corrected chi connectivity index (χ0v) is 20.3. The van der Waals surface area contributed by atoms with Gasteiger partial charge in [0, 0.05) is 31.6 Å².